The summed E-state index contributed by atoms with van der Waals surface area (Å²) in [6.07, 6.45) is 0. The Bertz CT molecular complexity index is 314. The summed E-state index contributed by atoms with van der Waals surface area (Å²) in [5.74, 6) is -2.08. The van der Waals surface area contributed by atoms with E-state index >= 15 is 0 Å². The molecule has 1 aliphatic rings. The fraction of sp³-hybridized carbons (Fsp3) is 0.833. The molecule has 1 amide bonds. The van der Waals surface area contributed by atoms with E-state index in [4.69, 9.17) is 9.84 Å². The van der Waals surface area contributed by atoms with Crippen molar-refractivity contribution in [3.05, 3.63) is 0 Å². The number of amides is 1. The highest BCUT2D eigenvalue weighted by atomic mass is 16.5. The van der Waals surface area contributed by atoms with Crippen molar-refractivity contribution < 1.29 is 19.4 Å². The molecular formula is C12H21NO4. The van der Waals surface area contributed by atoms with E-state index in [0.29, 0.717) is 13.2 Å². The number of carbonyl (C=O) groups excluding carboxylic acids is 1. The number of hydrogen-bond acceptors (Lipinski definition) is 3. The van der Waals surface area contributed by atoms with Crippen molar-refractivity contribution in [2.75, 3.05) is 13.2 Å². The first-order valence-corrected chi connectivity index (χ1v) is 5.93. The van der Waals surface area contributed by atoms with Gasteiger partial charge in [-0.2, -0.15) is 0 Å². The van der Waals surface area contributed by atoms with Crippen molar-refractivity contribution in [3.63, 3.8) is 0 Å². The Labute approximate surface area is 102 Å². The van der Waals surface area contributed by atoms with Gasteiger partial charge in [0.1, 0.15) is 0 Å². The molecule has 1 fully saturated rings. The average Bonchev–Trinajstić information content (AvgIpc) is 2.78. The molecule has 0 heterocycles. The van der Waals surface area contributed by atoms with Crippen LogP contribution in [0.1, 0.15) is 27.7 Å². The van der Waals surface area contributed by atoms with Crippen LogP contribution in [0, 0.1) is 17.3 Å². The molecule has 0 bridgehead atoms. The number of ether oxygens (including phenoxy) is 1. The SMILES string of the molecule is CCOCC(C)NC(=O)C1C(C(=O)O)C1(C)C. The molecule has 0 spiro atoms. The van der Waals surface area contributed by atoms with Gasteiger partial charge in [-0.3, -0.25) is 9.59 Å². The summed E-state index contributed by atoms with van der Waals surface area (Å²) < 4.78 is 5.19. The van der Waals surface area contributed by atoms with Crippen molar-refractivity contribution in [1.82, 2.24) is 5.32 Å². The number of aliphatic carboxylic acids is 1. The van der Waals surface area contributed by atoms with Gasteiger partial charge in [0.25, 0.3) is 0 Å². The summed E-state index contributed by atoms with van der Waals surface area (Å²) in [5.41, 5.74) is -0.443. The summed E-state index contributed by atoms with van der Waals surface area (Å²) in [4.78, 5) is 22.8. The van der Waals surface area contributed by atoms with E-state index in [-0.39, 0.29) is 11.9 Å². The van der Waals surface area contributed by atoms with Crippen LogP contribution in [0.2, 0.25) is 0 Å². The van der Waals surface area contributed by atoms with Crippen LogP contribution in [0.3, 0.4) is 0 Å². The number of rotatable bonds is 6. The summed E-state index contributed by atoms with van der Waals surface area (Å²) in [5, 5.41) is 11.8. The molecule has 3 atom stereocenters. The highest BCUT2D eigenvalue weighted by Gasteiger charge is 2.65. The molecule has 17 heavy (non-hydrogen) atoms. The maximum Gasteiger partial charge on any atom is 0.307 e. The van der Waals surface area contributed by atoms with Crippen molar-refractivity contribution in [2.45, 2.75) is 33.7 Å². The van der Waals surface area contributed by atoms with Crippen LogP contribution in [0.4, 0.5) is 0 Å². The van der Waals surface area contributed by atoms with Gasteiger partial charge in [-0.15, -0.1) is 0 Å². The molecule has 1 saturated carbocycles. The molecule has 3 unspecified atom stereocenters. The summed E-state index contributed by atoms with van der Waals surface area (Å²) in [6, 6.07) is -0.0895. The summed E-state index contributed by atoms with van der Waals surface area (Å²) in [6.45, 7) is 8.41. The molecule has 98 valence electrons. The molecule has 1 aliphatic carbocycles. The van der Waals surface area contributed by atoms with Crippen LogP contribution in [-0.4, -0.2) is 36.2 Å². The number of nitrogens with one attached hydrogen (secondary N) is 1. The van der Waals surface area contributed by atoms with Crippen molar-refractivity contribution in [1.29, 1.82) is 0 Å². The lowest BCUT2D eigenvalue weighted by Gasteiger charge is -2.14. The van der Waals surface area contributed by atoms with Crippen LogP contribution >= 0.6 is 0 Å². The number of carboxylic acid groups (broad SMARTS) is 1. The van der Waals surface area contributed by atoms with Gasteiger partial charge < -0.3 is 15.2 Å². The molecule has 0 aromatic rings. The zero-order valence-electron chi connectivity index (χ0n) is 10.8. The van der Waals surface area contributed by atoms with E-state index in [1.165, 1.54) is 0 Å². The maximum atomic E-state index is 11.9. The Kier molecular flexibility index (Phi) is 4.14. The molecule has 2 N–H and O–H groups in total. The molecule has 1 rings (SSSR count). The van der Waals surface area contributed by atoms with Gasteiger partial charge >= 0.3 is 5.97 Å². The van der Waals surface area contributed by atoms with Gasteiger partial charge in [0.05, 0.1) is 18.4 Å². The number of hydrogen-bond donors (Lipinski definition) is 2. The fourth-order valence-corrected chi connectivity index (χ4v) is 2.26. The lowest BCUT2D eigenvalue weighted by atomic mass is 10.1. The minimum Gasteiger partial charge on any atom is -0.481 e. The molecule has 5 nitrogen and oxygen atoms in total. The second-order valence-corrected chi connectivity index (χ2v) is 5.18. The minimum absolute atomic E-state index is 0.0895. The van der Waals surface area contributed by atoms with Crippen LogP contribution < -0.4 is 5.32 Å². The predicted molar refractivity (Wildman–Crippen MR) is 62.5 cm³/mol. The van der Waals surface area contributed by atoms with Gasteiger partial charge in [-0.05, 0) is 19.3 Å². The molecule has 5 heteroatoms. The topological polar surface area (TPSA) is 75.6 Å². The predicted octanol–water partition coefficient (Wildman–Crippen LogP) is 0.884. The molecule has 0 aromatic heterocycles. The van der Waals surface area contributed by atoms with E-state index in [1.54, 1.807) is 0 Å². The van der Waals surface area contributed by atoms with Gasteiger partial charge in [-0.25, -0.2) is 0 Å². The fourth-order valence-electron chi connectivity index (χ4n) is 2.26. The smallest absolute Gasteiger partial charge is 0.307 e. The van der Waals surface area contributed by atoms with Crippen LogP contribution in [0.25, 0.3) is 0 Å². The summed E-state index contributed by atoms with van der Waals surface area (Å²) in [7, 11) is 0. The normalized spacial score (nSPS) is 27.3. The molecule has 0 saturated heterocycles. The summed E-state index contributed by atoms with van der Waals surface area (Å²) >= 11 is 0. The minimum atomic E-state index is -0.896. The zero-order valence-corrected chi connectivity index (χ0v) is 10.8. The van der Waals surface area contributed by atoms with Crippen LogP contribution in [0.5, 0.6) is 0 Å². The Morgan fingerprint density at radius 2 is 2.00 bits per heavy atom. The molecule has 0 aliphatic heterocycles. The van der Waals surface area contributed by atoms with Crippen molar-refractivity contribution in [3.8, 4) is 0 Å². The van der Waals surface area contributed by atoms with E-state index in [1.807, 2.05) is 27.7 Å². The highest BCUT2D eigenvalue weighted by Crippen LogP contribution is 2.58. The van der Waals surface area contributed by atoms with Crippen LogP contribution in [0.15, 0.2) is 0 Å². The standard InChI is InChI=1S/C12H21NO4/c1-5-17-6-7(2)13-10(14)8-9(11(15)16)12(8,3)4/h7-9H,5-6H2,1-4H3,(H,13,14)(H,15,16). The first-order chi connectivity index (χ1) is 7.82. The van der Waals surface area contributed by atoms with Gasteiger partial charge in [-0.1, -0.05) is 13.8 Å². The quantitative estimate of drug-likeness (QED) is 0.726. The Morgan fingerprint density at radius 1 is 1.41 bits per heavy atom. The lowest BCUT2D eigenvalue weighted by Crippen LogP contribution is -2.38. The van der Waals surface area contributed by atoms with E-state index in [0.717, 1.165) is 0 Å². The Hall–Kier alpha value is -1.10. The largest absolute Gasteiger partial charge is 0.481 e. The highest BCUT2D eigenvalue weighted by molar-refractivity contribution is 5.91. The zero-order chi connectivity index (χ0) is 13.2. The Morgan fingerprint density at radius 3 is 2.41 bits per heavy atom. The first kappa shape index (κ1) is 14.0. The molecule has 0 aromatic carbocycles. The van der Waals surface area contributed by atoms with Crippen molar-refractivity contribution >= 4 is 11.9 Å². The van der Waals surface area contributed by atoms with E-state index < -0.39 is 23.2 Å². The van der Waals surface area contributed by atoms with Crippen molar-refractivity contribution in [2.24, 2.45) is 17.3 Å². The third-order valence-corrected chi connectivity index (χ3v) is 3.34. The molecule has 0 radical (unpaired) electrons. The first-order valence-electron chi connectivity index (χ1n) is 5.93. The van der Waals surface area contributed by atoms with E-state index in [2.05, 4.69) is 5.32 Å². The maximum absolute atomic E-state index is 11.9. The van der Waals surface area contributed by atoms with E-state index in [9.17, 15) is 9.59 Å². The van der Waals surface area contributed by atoms with Crippen LogP contribution in [-0.2, 0) is 14.3 Å². The van der Waals surface area contributed by atoms with Gasteiger partial charge in [0, 0.05) is 12.6 Å². The van der Waals surface area contributed by atoms with Gasteiger partial charge in [0.15, 0.2) is 0 Å². The third-order valence-electron chi connectivity index (χ3n) is 3.34. The van der Waals surface area contributed by atoms with Gasteiger partial charge in [0.2, 0.25) is 5.91 Å². The molecular weight excluding hydrogens is 222 g/mol. The second-order valence-electron chi connectivity index (χ2n) is 5.18. The number of carboxylic acids is 1. The second kappa shape index (κ2) is 5.04. The number of carbonyl (C=O) groups is 2. The third kappa shape index (κ3) is 2.97. The Balaban J connectivity index is 2.47. The average molecular weight is 243 g/mol. The monoisotopic (exact) mass is 243 g/mol. The lowest BCUT2D eigenvalue weighted by molar-refractivity contribution is -0.140.